The average Bonchev–Trinajstić information content (AvgIpc) is 2.33. The quantitative estimate of drug-likeness (QED) is 0.676. The number of ether oxygens (including phenoxy) is 1. The Morgan fingerprint density at radius 2 is 2.24 bits per heavy atom. The molecule has 0 saturated carbocycles. The van der Waals surface area contributed by atoms with Crippen molar-refractivity contribution in [2.24, 2.45) is 0 Å². The van der Waals surface area contributed by atoms with E-state index in [0.29, 0.717) is 24.8 Å². The van der Waals surface area contributed by atoms with Gasteiger partial charge < -0.3 is 15.0 Å². The van der Waals surface area contributed by atoms with Gasteiger partial charge in [0.15, 0.2) is 0 Å². The van der Waals surface area contributed by atoms with E-state index in [1.54, 1.807) is 0 Å². The Bertz CT molecular complexity index is 376. The third kappa shape index (κ3) is 5.49. The molecule has 0 atom stereocenters. The molecule has 5 nitrogen and oxygen atoms in total. The fourth-order valence-electron chi connectivity index (χ4n) is 1.37. The Balaban J connectivity index is 2.31. The summed E-state index contributed by atoms with van der Waals surface area (Å²) in [6.45, 7) is 6.18. The molecule has 0 spiro atoms. The number of aromatic amines is 1. The zero-order valence-electron chi connectivity index (χ0n) is 10.6. The van der Waals surface area contributed by atoms with Crippen LogP contribution in [0.2, 0.25) is 0 Å². The van der Waals surface area contributed by atoms with Crippen LogP contribution in [0.15, 0.2) is 10.9 Å². The fraction of sp³-hybridized carbons (Fsp3) is 0.667. The second-order valence-electron chi connectivity index (χ2n) is 3.82. The molecule has 17 heavy (non-hydrogen) atoms. The number of aromatic nitrogens is 2. The summed E-state index contributed by atoms with van der Waals surface area (Å²) in [5, 5.41) is 3.08. The topological polar surface area (TPSA) is 67.0 Å². The molecule has 0 unspecified atom stereocenters. The lowest BCUT2D eigenvalue weighted by atomic mass is 10.4. The Kier molecular flexibility index (Phi) is 6.32. The van der Waals surface area contributed by atoms with Gasteiger partial charge >= 0.3 is 0 Å². The van der Waals surface area contributed by atoms with Crippen molar-refractivity contribution in [3.63, 3.8) is 0 Å². The van der Waals surface area contributed by atoms with Gasteiger partial charge in [-0.2, -0.15) is 0 Å². The van der Waals surface area contributed by atoms with Crippen LogP contribution < -0.4 is 10.9 Å². The Morgan fingerprint density at radius 1 is 1.41 bits per heavy atom. The predicted octanol–water partition coefficient (Wildman–Crippen LogP) is 1.56. The lowest BCUT2D eigenvalue weighted by molar-refractivity contribution is 0.141. The molecule has 0 aliphatic carbocycles. The Labute approximate surface area is 102 Å². The highest BCUT2D eigenvalue weighted by Crippen LogP contribution is 1.98. The number of nitrogens with zero attached hydrogens (tertiary/aromatic N) is 1. The van der Waals surface area contributed by atoms with E-state index < -0.39 is 0 Å². The first kappa shape index (κ1) is 13.7. The van der Waals surface area contributed by atoms with Crippen LogP contribution in [0.5, 0.6) is 0 Å². The van der Waals surface area contributed by atoms with Crippen molar-refractivity contribution in [2.45, 2.75) is 33.1 Å². The lowest BCUT2D eigenvalue weighted by Crippen LogP contribution is -2.16. The molecule has 96 valence electrons. The normalized spacial score (nSPS) is 10.5. The van der Waals surface area contributed by atoms with Gasteiger partial charge in [0.05, 0.1) is 6.61 Å². The van der Waals surface area contributed by atoms with E-state index in [-0.39, 0.29) is 5.56 Å². The van der Waals surface area contributed by atoms with E-state index in [9.17, 15) is 4.79 Å². The van der Waals surface area contributed by atoms with Crippen LogP contribution in [-0.2, 0) is 11.2 Å². The van der Waals surface area contributed by atoms with Gasteiger partial charge in [0, 0.05) is 25.6 Å². The van der Waals surface area contributed by atoms with Crippen molar-refractivity contribution >= 4 is 5.82 Å². The molecule has 0 radical (unpaired) electrons. The van der Waals surface area contributed by atoms with Crippen molar-refractivity contribution in [3.8, 4) is 0 Å². The molecule has 5 heteroatoms. The number of hydrogen-bond acceptors (Lipinski definition) is 4. The van der Waals surface area contributed by atoms with E-state index in [2.05, 4.69) is 22.2 Å². The molecule has 0 aromatic carbocycles. The summed E-state index contributed by atoms with van der Waals surface area (Å²) >= 11 is 0. The summed E-state index contributed by atoms with van der Waals surface area (Å²) in [5.74, 6) is 1.32. The van der Waals surface area contributed by atoms with Crippen LogP contribution in [0.4, 0.5) is 5.82 Å². The molecule has 0 bridgehead atoms. The highest BCUT2D eigenvalue weighted by Gasteiger charge is 1.98. The molecule has 0 saturated heterocycles. The summed E-state index contributed by atoms with van der Waals surface area (Å²) in [6, 6.07) is 1.46. The summed E-state index contributed by atoms with van der Waals surface area (Å²) in [5.41, 5.74) is -0.119. The van der Waals surface area contributed by atoms with E-state index >= 15 is 0 Å². The zero-order valence-corrected chi connectivity index (χ0v) is 10.6. The van der Waals surface area contributed by atoms with Gasteiger partial charge in [0.25, 0.3) is 5.56 Å². The molecule has 0 fully saturated rings. The molecule has 0 aliphatic rings. The molecule has 1 aromatic heterocycles. The minimum Gasteiger partial charge on any atom is -0.380 e. The SMILES string of the molecule is CCCCOCCNc1cc(=O)[nH]c(CC)n1. The molecule has 1 heterocycles. The maximum Gasteiger partial charge on any atom is 0.252 e. The molecular formula is C12H21N3O2. The minimum absolute atomic E-state index is 0.119. The number of H-pyrrole nitrogens is 1. The van der Waals surface area contributed by atoms with Crippen LogP contribution in [0.25, 0.3) is 0 Å². The van der Waals surface area contributed by atoms with Gasteiger partial charge in [-0.3, -0.25) is 4.79 Å². The van der Waals surface area contributed by atoms with Gasteiger partial charge in [-0.15, -0.1) is 0 Å². The van der Waals surface area contributed by atoms with Crippen LogP contribution in [0, 0.1) is 0 Å². The lowest BCUT2D eigenvalue weighted by Gasteiger charge is -2.07. The Hall–Kier alpha value is -1.36. The summed E-state index contributed by atoms with van der Waals surface area (Å²) < 4.78 is 5.41. The van der Waals surface area contributed by atoms with Crippen molar-refractivity contribution in [1.29, 1.82) is 0 Å². The van der Waals surface area contributed by atoms with E-state index in [1.807, 2.05) is 6.92 Å². The third-order valence-corrected chi connectivity index (χ3v) is 2.32. The summed E-state index contributed by atoms with van der Waals surface area (Å²) in [6.07, 6.45) is 2.95. The Morgan fingerprint density at radius 3 is 2.94 bits per heavy atom. The number of anilines is 1. The molecule has 1 rings (SSSR count). The molecule has 1 aromatic rings. The molecule has 2 N–H and O–H groups in total. The van der Waals surface area contributed by atoms with Crippen molar-refractivity contribution < 1.29 is 4.74 Å². The first-order valence-electron chi connectivity index (χ1n) is 6.18. The maximum absolute atomic E-state index is 11.3. The largest absolute Gasteiger partial charge is 0.380 e. The first-order valence-corrected chi connectivity index (χ1v) is 6.18. The number of hydrogen-bond donors (Lipinski definition) is 2. The van der Waals surface area contributed by atoms with E-state index in [1.165, 1.54) is 6.07 Å². The van der Waals surface area contributed by atoms with Crippen LogP contribution in [0.3, 0.4) is 0 Å². The minimum atomic E-state index is -0.119. The number of unbranched alkanes of at least 4 members (excludes halogenated alkanes) is 1. The maximum atomic E-state index is 11.3. The van der Waals surface area contributed by atoms with Gasteiger partial charge in [-0.05, 0) is 6.42 Å². The van der Waals surface area contributed by atoms with Gasteiger partial charge in [-0.25, -0.2) is 4.98 Å². The highest BCUT2D eigenvalue weighted by molar-refractivity contribution is 5.32. The van der Waals surface area contributed by atoms with Gasteiger partial charge in [0.2, 0.25) is 0 Å². The second kappa shape index (κ2) is 7.84. The summed E-state index contributed by atoms with van der Waals surface area (Å²) in [4.78, 5) is 18.2. The monoisotopic (exact) mass is 239 g/mol. The highest BCUT2D eigenvalue weighted by atomic mass is 16.5. The molecule has 0 amide bonds. The van der Waals surface area contributed by atoms with Crippen LogP contribution in [-0.4, -0.2) is 29.7 Å². The standard InChI is InChI=1S/C12H21N3O2/c1-3-5-7-17-8-6-13-11-9-12(16)15-10(4-2)14-11/h9H,3-8H2,1-2H3,(H2,13,14,15,16). The average molecular weight is 239 g/mol. The van der Waals surface area contributed by atoms with E-state index in [0.717, 1.165) is 25.9 Å². The van der Waals surface area contributed by atoms with Crippen molar-refractivity contribution in [3.05, 3.63) is 22.2 Å². The van der Waals surface area contributed by atoms with Gasteiger partial charge in [0.1, 0.15) is 11.6 Å². The summed E-state index contributed by atoms with van der Waals surface area (Å²) in [7, 11) is 0. The third-order valence-electron chi connectivity index (χ3n) is 2.32. The number of rotatable bonds is 8. The molecular weight excluding hydrogens is 218 g/mol. The molecule has 0 aliphatic heterocycles. The van der Waals surface area contributed by atoms with Crippen molar-refractivity contribution in [2.75, 3.05) is 25.1 Å². The van der Waals surface area contributed by atoms with Gasteiger partial charge in [-0.1, -0.05) is 20.3 Å². The fourth-order valence-corrected chi connectivity index (χ4v) is 1.37. The van der Waals surface area contributed by atoms with Crippen LogP contribution in [0.1, 0.15) is 32.5 Å². The zero-order chi connectivity index (χ0) is 12.5. The predicted molar refractivity (Wildman–Crippen MR) is 68.5 cm³/mol. The van der Waals surface area contributed by atoms with Crippen LogP contribution >= 0.6 is 0 Å². The smallest absolute Gasteiger partial charge is 0.252 e. The van der Waals surface area contributed by atoms with Crippen molar-refractivity contribution in [1.82, 2.24) is 9.97 Å². The number of aryl methyl sites for hydroxylation is 1. The second-order valence-corrected chi connectivity index (χ2v) is 3.82. The number of nitrogens with one attached hydrogen (secondary N) is 2. The van der Waals surface area contributed by atoms with E-state index in [4.69, 9.17) is 4.74 Å². The first-order chi connectivity index (χ1) is 8.26.